The molecular formula is C13H18N4OS. The van der Waals surface area contributed by atoms with E-state index in [1.165, 1.54) is 11.3 Å². The number of carbonyl (C=O) groups excluding carboxylic acids is 1. The number of hydrogen-bond donors (Lipinski definition) is 2. The predicted molar refractivity (Wildman–Crippen MR) is 76.2 cm³/mol. The molecule has 0 spiro atoms. The summed E-state index contributed by atoms with van der Waals surface area (Å²) < 4.78 is 0. The summed E-state index contributed by atoms with van der Waals surface area (Å²) in [5, 5.41) is 17.5. The van der Waals surface area contributed by atoms with Gasteiger partial charge in [0.15, 0.2) is 0 Å². The highest BCUT2D eigenvalue weighted by molar-refractivity contribution is 7.14. The van der Waals surface area contributed by atoms with Crippen LogP contribution in [0, 0.1) is 11.3 Å². The van der Waals surface area contributed by atoms with Crippen molar-refractivity contribution in [2.45, 2.75) is 19.4 Å². The average molecular weight is 278 g/mol. The average Bonchev–Trinajstić information content (AvgIpc) is 2.85. The molecule has 0 saturated carbocycles. The van der Waals surface area contributed by atoms with E-state index in [9.17, 15) is 4.79 Å². The van der Waals surface area contributed by atoms with Crippen molar-refractivity contribution in [3.05, 3.63) is 17.0 Å². The minimum atomic E-state index is -0.0234. The molecule has 1 aliphatic rings. The van der Waals surface area contributed by atoms with Gasteiger partial charge in [-0.25, -0.2) is 0 Å². The molecule has 2 N–H and O–H groups in total. The maximum absolute atomic E-state index is 11.9. The lowest BCUT2D eigenvalue weighted by Crippen LogP contribution is -2.50. The Morgan fingerprint density at radius 3 is 3.32 bits per heavy atom. The summed E-state index contributed by atoms with van der Waals surface area (Å²) in [5.74, 6) is -0.0234. The van der Waals surface area contributed by atoms with Gasteiger partial charge in [0.25, 0.3) is 0 Å². The number of carbonyl (C=O) groups is 1. The van der Waals surface area contributed by atoms with Crippen molar-refractivity contribution in [1.82, 2.24) is 10.2 Å². The molecule has 1 amide bonds. The number of amides is 1. The summed E-state index contributed by atoms with van der Waals surface area (Å²) >= 11 is 1.39. The van der Waals surface area contributed by atoms with Crippen LogP contribution in [-0.2, 0) is 4.79 Å². The summed E-state index contributed by atoms with van der Waals surface area (Å²) in [5.41, 5.74) is 0.536. The topological polar surface area (TPSA) is 68.2 Å². The van der Waals surface area contributed by atoms with Crippen LogP contribution in [0.15, 0.2) is 11.4 Å². The number of piperazine rings is 1. The van der Waals surface area contributed by atoms with Crippen molar-refractivity contribution >= 4 is 22.2 Å². The van der Waals surface area contributed by atoms with Gasteiger partial charge in [0.05, 0.1) is 5.56 Å². The molecule has 1 atom stereocenters. The van der Waals surface area contributed by atoms with E-state index in [-0.39, 0.29) is 5.91 Å². The Morgan fingerprint density at radius 2 is 2.58 bits per heavy atom. The first-order valence-corrected chi connectivity index (χ1v) is 7.31. The molecule has 19 heavy (non-hydrogen) atoms. The van der Waals surface area contributed by atoms with Gasteiger partial charge < -0.3 is 10.6 Å². The molecule has 1 fully saturated rings. The maximum atomic E-state index is 11.9. The molecule has 2 heterocycles. The number of anilines is 1. The highest BCUT2D eigenvalue weighted by Crippen LogP contribution is 2.22. The first-order valence-electron chi connectivity index (χ1n) is 6.43. The van der Waals surface area contributed by atoms with E-state index < -0.39 is 0 Å². The van der Waals surface area contributed by atoms with Crippen LogP contribution in [0.4, 0.5) is 5.00 Å². The summed E-state index contributed by atoms with van der Waals surface area (Å²) in [6, 6.07) is 4.26. The van der Waals surface area contributed by atoms with Crippen LogP contribution in [-0.4, -0.2) is 43.0 Å². The van der Waals surface area contributed by atoms with Crippen molar-refractivity contribution in [1.29, 1.82) is 5.26 Å². The molecule has 1 aromatic rings. The largest absolute Gasteiger partial charge is 0.317 e. The fraction of sp³-hybridized carbons (Fsp3) is 0.538. The lowest BCUT2D eigenvalue weighted by Gasteiger charge is -2.33. The predicted octanol–water partition coefficient (Wildman–Crippen LogP) is 1.24. The number of rotatable bonds is 4. The Hall–Kier alpha value is -1.42. The minimum absolute atomic E-state index is 0.0234. The zero-order valence-electron chi connectivity index (χ0n) is 11.0. The maximum Gasteiger partial charge on any atom is 0.226 e. The van der Waals surface area contributed by atoms with Crippen LogP contribution >= 0.6 is 11.3 Å². The van der Waals surface area contributed by atoms with Crippen LogP contribution in [0.25, 0.3) is 0 Å². The summed E-state index contributed by atoms with van der Waals surface area (Å²) in [6.45, 7) is 5.87. The van der Waals surface area contributed by atoms with Gasteiger partial charge in [0, 0.05) is 38.6 Å². The van der Waals surface area contributed by atoms with Crippen LogP contribution < -0.4 is 10.6 Å². The highest BCUT2D eigenvalue weighted by Gasteiger charge is 2.18. The molecule has 1 unspecified atom stereocenters. The zero-order chi connectivity index (χ0) is 13.7. The number of thiophene rings is 1. The standard InChI is InChI=1S/C13H18N4OS/c1-10-9-15-4-6-17(10)5-2-12(18)16-13-11(8-14)3-7-19-13/h3,7,10,15H,2,4-6,9H2,1H3,(H,16,18). The van der Waals surface area contributed by atoms with Crippen LogP contribution in [0.5, 0.6) is 0 Å². The highest BCUT2D eigenvalue weighted by atomic mass is 32.1. The normalized spacial score (nSPS) is 19.9. The fourth-order valence-corrected chi connectivity index (χ4v) is 2.90. The number of nitrogens with zero attached hydrogens (tertiary/aromatic N) is 2. The third kappa shape index (κ3) is 3.77. The van der Waals surface area contributed by atoms with Crippen molar-refractivity contribution in [2.75, 3.05) is 31.5 Å². The lowest BCUT2D eigenvalue weighted by molar-refractivity contribution is -0.116. The molecule has 0 aromatic carbocycles. The SMILES string of the molecule is CC1CNCCN1CCC(=O)Nc1sccc1C#N. The first kappa shape index (κ1) is 14.0. The van der Waals surface area contributed by atoms with Gasteiger partial charge >= 0.3 is 0 Å². The number of hydrogen-bond acceptors (Lipinski definition) is 5. The zero-order valence-corrected chi connectivity index (χ0v) is 11.8. The van der Waals surface area contributed by atoms with Crippen molar-refractivity contribution in [3.8, 4) is 6.07 Å². The van der Waals surface area contributed by atoms with Crippen molar-refractivity contribution in [3.63, 3.8) is 0 Å². The van der Waals surface area contributed by atoms with Gasteiger partial charge in [-0.1, -0.05) is 0 Å². The first-order chi connectivity index (χ1) is 9.20. The Kier molecular flexibility index (Phi) is 4.91. The molecule has 5 nitrogen and oxygen atoms in total. The molecule has 2 rings (SSSR count). The van der Waals surface area contributed by atoms with E-state index in [2.05, 4.69) is 28.5 Å². The smallest absolute Gasteiger partial charge is 0.226 e. The van der Waals surface area contributed by atoms with E-state index in [1.807, 2.05) is 5.38 Å². The lowest BCUT2D eigenvalue weighted by atomic mass is 10.2. The van der Waals surface area contributed by atoms with Crippen LogP contribution in [0.1, 0.15) is 18.9 Å². The Morgan fingerprint density at radius 1 is 1.74 bits per heavy atom. The fourth-order valence-electron chi connectivity index (χ4n) is 2.14. The molecule has 102 valence electrons. The second-order valence-electron chi connectivity index (χ2n) is 4.66. The third-order valence-electron chi connectivity index (χ3n) is 3.30. The Bertz CT molecular complexity index is 479. The van der Waals surface area contributed by atoms with Gasteiger partial charge in [-0.15, -0.1) is 11.3 Å². The monoisotopic (exact) mass is 278 g/mol. The van der Waals surface area contributed by atoms with E-state index in [0.717, 1.165) is 26.2 Å². The van der Waals surface area contributed by atoms with Crippen LogP contribution in [0.3, 0.4) is 0 Å². The van der Waals surface area contributed by atoms with Gasteiger partial charge in [-0.2, -0.15) is 5.26 Å². The van der Waals surface area contributed by atoms with Gasteiger partial charge in [-0.3, -0.25) is 9.69 Å². The van der Waals surface area contributed by atoms with E-state index in [4.69, 9.17) is 5.26 Å². The van der Waals surface area contributed by atoms with Gasteiger partial charge in [0.2, 0.25) is 5.91 Å². The van der Waals surface area contributed by atoms with E-state index in [0.29, 0.717) is 23.0 Å². The van der Waals surface area contributed by atoms with Gasteiger partial charge in [-0.05, 0) is 18.4 Å². The molecule has 1 saturated heterocycles. The molecule has 1 aliphatic heterocycles. The molecule has 6 heteroatoms. The summed E-state index contributed by atoms with van der Waals surface area (Å²) in [7, 11) is 0. The molecule has 1 aromatic heterocycles. The molecular weight excluding hydrogens is 260 g/mol. The molecule has 0 bridgehead atoms. The third-order valence-corrected chi connectivity index (χ3v) is 4.13. The second-order valence-corrected chi connectivity index (χ2v) is 5.58. The van der Waals surface area contributed by atoms with Crippen LogP contribution in [0.2, 0.25) is 0 Å². The summed E-state index contributed by atoms with van der Waals surface area (Å²) in [6.07, 6.45) is 0.465. The van der Waals surface area contributed by atoms with E-state index in [1.54, 1.807) is 6.07 Å². The number of nitrogens with one attached hydrogen (secondary N) is 2. The second kappa shape index (κ2) is 6.66. The summed E-state index contributed by atoms with van der Waals surface area (Å²) in [4.78, 5) is 14.2. The molecule has 0 radical (unpaired) electrons. The quantitative estimate of drug-likeness (QED) is 0.869. The minimum Gasteiger partial charge on any atom is -0.317 e. The van der Waals surface area contributed by atoms with Crippen molar-refractivity contribution in [2.24, 2.45) is 0 Å². The Balaban J connectivity index is 1.80. The molecule has 0 aliphatic carbocycles. The van der Waals surface area contributed by atoms with Crippen molar-refractivity contribution < 1.29 is 4.79 Å². The Labute approximate surface area is 117 Å². The van der Waals surface area contributed by atoms with E-state index >= 15 is 0 Å². The van der Waals surface area contributed by atoms with Gasteiger partial charge in [0.1, 0.15) is 11.1 Å². The number of nitriles is 1.